The molecule has 8 nitrogen and oxygen atoms in total. The van der Waals surface area contributed by atoms with Gasteiger partial charge >= 0.3 is 5.97 Å². The van der Waals surface area contributed by atoms with Crippen LogP contribution in [-0.4, -0.2) is 63.9 Å². The zero-order valence-electron chi connectivity index (χ0n) is 12.7. The minimum Gasteiger partial charge on any atom is -0.476 e. The molecule has 0 spiro atoms. The van der Waals surface area contributed by atoms with E-state index in [-0.39, 0.29) is 22.9 Å². The van der Waals surface area contributed by atoms with Gasteiger partial charge in [0.15, 0.2) is 11.5 Å². The Labute approximate surface area is 137 Å². The maximum Gasteiger partial charge on any atom is 0.355 e. The van der Waals surface area contributed by atoms with Crippen LogP contribution in [0.3, 0.4) is 0 Å². The number of carboxylic acid groups (broad SMARTS) is 1. The van der Waals surface area contributed by atoms with Crippen LogP contribution in [0.1, 0.15) is 31.4 Å². The largest absolute Gasteiger partial charge is 0.476 e. The van der Waals surface area contributed by atoms with Gasteiger partial charge in [-0.15, -0.1) is 0 Å². The van der Waals surface area contributed by atoms with Gasteiger partial charge in [-0.3, -0.25) is 9.59 Å². The highest BCUT2D eigenvalue weighted by Crippen LogP contribution is 2.14. The van der Waals surface area contributed by atoms with Crippen LogP contribution in [0.4, 0.5) is 0 Å². The van der Waals surface area contributed by atoms with Crippen molar-refractivity contribution in [1.82, 2.24) is 14.8 Å². The topological polar surface area (TPSA) is 104 Å². The Bertz CT molecular complexity index is 764. The third-order valence-electron chi connectivity index (χ3n) is 3.83. The Morgan fingerprint density at radius 3 is 2.25 bits per heavy atom. The van der Waals surface area contributed by atoms with Gasteiger partial charge in [-0.25, -0.2) is 9.78 Å². The molecule has 2 aromatic rings. The predicted molar refractivity (Wildman–Crippen MR) is 81.7 cm³/mol. The zero-order chi connectivity index (χ0) is 17.1. The van der Waals surface area contributed by atoms with Crippen LogP contribution >= 0.6 is 0 Å². The molecule has 8 heteroatoms. The van der Waals surface area contributed by atoms with Gasteiger partial charge in [-0.1, -0.05) is 0 Å². The molecule has 0 radical (unpaired) electrons. The number of hydrogen-bond acceptors (Lipinski definition) is 5. The first-order valence-electron chi connectivity index (χ1n) is 7.38. The minimum absolute atomic E-state index is 0.0517. The Morgan fingerprint density at radius 2 is 1.67 bits per heavy atom. The fourth-order valence-corrected chi connectivity index (χ4v) is 2.59. The number of pyridine rings is 1. The van der Waals surface area contributed by atoms with Crippen molar-refractivity contribution in [2.75, 3.05) is 26.2 Å². The van der Waals surface area contributed by atoms with Gasteiger partial charge in [0.05, 0.1) is 11.8 Å². The Balaban J connectivity index is 1.68. The molecule has 3 rings (SSSR count). The van der Waals surface area contributed by atoms with E-state index < -0.39 is 11.9 Å². The second kappa shape index (κ2) is 6.53. The van der Waals surface area contributed by atoms with Crippen LogP contribution in [-0.2, 0) is 0 Å². The number of amides is 2. The van der Waals surface area contributed by atoms with Crippen molar-refractivity contribution in [1.29, 1.82) is 0 Å². The summed E-state index contributed by atoms with van der Waals surface area (Å²) in [6.45, 7) is 1.35. The van der Waals surface area contributed by atoms with Crippen LogP contribution in [0.25, 0.3) is 0 Å². The second-order valence-electron chi connectivity index (χ2n) is 5.27. The van der Waals surface area contributed by atoms with Gasteiger partial charge in [-0.2, -0.15) is 0 Å². The first-order chi connectivity index (χ1) is 11.6. The lowest BCUT2D eigenvalue weighted by molar-refractivity contribution is 0.0514. The lowest BCUT2D eigenvalue weighted by Gasteiger charge is -2.34. The van der Waals surface area contributed by atoms with E-state index in [0.29, 0.717) is 26.2 Å². The summed E-state index contributed by atoms with van der Waals surface area (Å²) in [5.74, 6) is -1.61. The summed E-state index contributed by atoms with van der Waals surface area (Å²) in [6.07, 6.45) is 2.77. The fraction of sp³-hybridized carbons (Fsp3) is 0.250. The molecule has 124 valence electrons. The van der Waals surface area contributed by atoms with E-state index in [0.717, 1.165) is 0 Å². The van der Waals surface area contributed by atoms with Crippen molar-refractivity contribution < 1.29 is 23.9 Å². The van der Waals surface area contributed by atoms with Gasteiger partial charge in [0.25, 0.3) is 11.8 Å². The van der Waals surface area contributed by atoms with E-state index in [9.17, 15) is 14.4 Å². The van der Waals surface area contributed by atoms with Crippen LogP contribution in [0.2, 0.25) is 0 Å². The van der Waals surface area contributed by atoms with E-state index in [1.807, 2.05) is 0 Å². The maximum atomic E-state index is 12.5. The number of carbonyl (C=O) groups is 3. The molecule has 1 aliphatic rings. The van der Waals surface area contributed by atoms with E-state index in [1.165, 1.54) is 29.5 Å². The molecule has 3 heterocycles. The average Bonchev–Trinajstić information content (AvgIpc) is 3.15. The van der Waals surface area contributed by atoms with Crippen molar-refractivity contribution in [3.05, 3.63) is 53.7 Å². The number of aromatic nitrogens is 1. The fourth-order valence-electron chi connectivity index (χ4n) is 2.59. The lowest BCUT2D eigenvalue weighted by atomic mass is 10.1. The normalized spacial score (nSPS) is 14.5. The predicted octanol–water partition coefficient (Wildman–Crippen LogP) is 0.971. The number of hydrogen-bond donors (Lipinski definition) is 1. The van der Waals surface area contributed by atoms with Crippen molar-refractivity contribution >= 4 is 17.8 Å². The Morgan fingerprint density at radius 1 is 1.00 bits per heavy atom. The van der Waals surface area contributed by atoms with Gasteiger partial charge in [0.1, 0.15) is 0 Å². The molecule has 0 saturated carbocycles. The second-order valence-corrected chi connectivity index (χ2v) is 5.27. The number of carboxylic acids is 1. The van der Waals surface area contributed by atoms with Crippen LogP contribution in [0.15, 0.2) is 41.1 Å². The quantitative estimate of drug-likeness (QED) is 0.900. The van der Waals surface area contributed by atoms with Crippen LogP contribution in [0.5, 0.6) is 0 Å². The maximum absolute atomic E-state index is 12.5. The molecule has 24 heavy (non-hydrogen) atoms. The van der Waals surface area contributed by atoms with Crippen molar-refractivity contribution in [3.8, 4) is 0 Å². The number of nitrogens with zero attached hydrogens (tertiary/aromatic N) is 3. The number of carbonyl (C=O) groups excluding carboxylic acids is 2. The summed E-state index contributed by atoms with van der Waals surface area (Å²) in [4.78, 5) is 42.8. The first kappa shape index (κ1) is 15.7. The molecule has 2 amide bonds. The van der Waals surface area contributed by atoms with Crippen molar-refractivity contribution in [2.24, 2.45) is 0 Å². The van der Waals surface area contributed by atoms with E-state index in [1.54, 1.807) is 17.0 Å². The molecular weight excluding hydrogens is 314 g/mol. The molecule has 1 aliphatic heterocycles. The highest BCUT2D eigenvalue weighted by atomic mass is 16.4. The van der Waals surface area contributed by atoms with E-state index in [2.05, 4.69) is 4.98 Å². The lowest BCUT2D eigenvalue weighted by Crippen LogP contribution is -2.50. The monoisotopic (exact) mass is 329 g/mol. The minimum atomic E-state index is -1.24. The molecule has 0 bridgehead atoms. The summed E-state index contributed by atoms with van der Waals surface area (Å²) < 4.78 is 5.09. The zero-order valence-corrected chi connectivity index (χ0v) is 12.7. The van der Waals surface area contributed by atoms with Gasteiger partial charge in [-0.05, 0) is 24.3 Å². The van der Waals surface area contributed by atoms with Gasteiger partial charge in [0, 0.05) is 32.4 Å². The molecule has 0 aliphatic carbocycles. The highest BCUT2D eigenvalue weighted by molar-refractivity contribution is 6.03. The molecule has 1 fully saturated rings. The molecule has 2 aromatic heterocycles. The Hall–Kier alpha value is -3.16. The van der Waals surface area contributed by atoms with Crippen LogP contribution < -0.4 is 0 Å². The molecular formula is C16H15N3O5. The third-order valence-corrected chi connectivity index (χ3v) is 3.83. The first-order valence-corrected chi connectivity index (χ1v) is 7.38. The number of rotatable bonds is 3. The molecule has 0 unspecified atom stereocenters. The molecule has 0 aromatic carbocycles. The molecule has 1 saturated heterocycles. The van der Waals surface area contributed by atoms with E-state index in [4.69, 9.17) is 9.52 Å². The highest BCUT2D eigenvalue weighted by Gasteiger charge is 2.28. The smallest absolute Gasteiger partial charge is 0.355 e. The molecule has 1 N–H and O–H groups in total. The standard InChI is InChI=1S/C16H15N3O5/c20-14(11-3-1-5-17-13(11)16(22)23)18-6-8-19(9-7-18)15(21)12-4-2-10-24-12/h1-5,10H,6-9H2,(H,22,23). The summed E-state index contributed by atoms with van der Waals surface area (Å²) >= 11 is 0. The summed E-state index contributed by atoms with van der Waals surface area (Å²) in [6, 6.07) is 6.20. The van der Waals surface area contributed by atoms with Crippen LogP contribution in [0, 0.1) is 0 Å². The third kappa shape index (κ3) is 2.98. The van der Waals surface area contributed by atoms with Crippen molar-refractivity contribution in [3.63, 3.8) is 0 Å². The summed E-state index contributed by atoms with van der Waals surface area (Å²) in [5, 5.41) is 9.14. The SMILES string of the molecule is O=C(O)c1ncccc1C(=O)N1CCN(C(=O)c2ccco2)CC1. The van der Waals surface area contributed by atoms with E-state index >= 15 is 0 Å². The number of aromatic carboxylic acids is 1. The molecule has 0 atom stereocenters. The van der Waals surface area contributed by atoms with Gasteiger partial charge in [0.2, 0.25) is 0 Å². The number of piperazine rings is 1. The van der Waals surface area contributed by atoms with Gasteiger partial charge < -0.3 is 19.3 Å². The number of furan rings is 1. The average molecular weight is 329 g/mol. The summed E-state index contributed by atoms with van der Waals surface area (Å²) in [5.41, 5.74) is -0.215. The Kier molecular flexibility index (Phi) is 4.28. The van der Waals surface area contributed by atoms with Crippen molar-refractivity contribution in [2.45, 2.75) is 0 Å². The summed E-state index contributed by atoms with van der Waals surface area (Å²) in [7, 11) is 0.